The number of carbonyl (C=O) groups is 1. The van der Waals surface area contributed by atoms with E-state index in [9.17, 15) is 13.2 Å². The van der Waals surface area contributed by atoms with E-state index in [4.69, 9.17) is 4.74 Å². The molecule has 214 valence electrons. The smallest absolute Gasteiger partial charge is 0.264 e. The zero-order valence-corrected chi connectivity index (χ0v) is 24.3. The molecular formula is C32H36N4O4S. The molecule has 1 unspecified atom stereocenters. The Balaban J connectivity index is 1.29. The van der Waals surface area contributed by atoms with E-state index in [0.717, 1.165) is 40.9 Å². The van der Waals surface area contributed by atoms with Gasteiger partial charge in [0.2, 0.25) is 11.8 Å². The predicted molar refractivity (Wildman–Crippen MR) is 156 cm³/mol. The second-order valence-electron chi connectivity index (χ2n) is 12.9. The second-order valence-corrected chi connectivity index (χ2v) is 14.6. The molecule has 0 radical (unpaired) electrons. The third kappa shape index (κ3) is 5.09. The number of rotatable bonds is 3. The molecule has 1 amide bonds. The zero-order chi connectivity index (χ0) is 28.4. The molecular weight excluding hydrogens is 536 g/mol. The Labute approximate surface area is 241 Å². The van der Waals surface area contributed by atoms with Gasteiger partial charge in [0.25, 0.3) is 15.9 Å². The van der Waals surface area contributed by atoms with Crippen molar-refractivity contribution in [2.24, 2.45) is 23.2 Å². The Morgan fingerprint density at radius 1 is 0.927 bits per heavy atom. The SMILES string of the molecule is Cc1cccc(C)c1-c1cc2nc(n1)NS(=O)(=O)c1cccc(c1)C(=O)NC(CC13CC4CC(CC(C4)C1)C3)CO2. The lowest BCUT2D eigenvalue weighted by Gasteiger charge is -2.57. The van der Waals surface area contributed by atoms with Crippen molar-refractivity contribution in [3.05, 3.63) is 65.2 Å². The van der Waals surface area contributed by atoms with Crippen LogP contribution in [0.25, 0.3) is 11.3 Å². The topological polar surface area (TPSA) is 110 Å². The Morgan fingerprint density at radius 3 is 2.27 bits per heavy atom. The highest BCUT2D eigenvalue weighted by molar-refractivity contribution is 7.92. The van der Waals surface area contributed by atoms with E-state index in [1.807, 2.05) is 32.0 Å². The summed E-state index contributed by atoms with van der Waals surface area (Å²) in [6.45, 7) is 4.24. The number of aryl methyl sites for hydroxylation is 2. The Kier molecular flexibility index (Phi) is 6.34. The number of amides is 1. The Hall–Kier alpha value is -3.46. The first-order chi connectivity index (χ1) is 19.6. The summed E-state index contributed by atoms with van der Waals surface area (Å²) < 4.78 is 35.6. The fourth-order valence-electron chi connectivity index (χ4n) is 8.54. The van der Waals surface area contributed by atoms with Gasteiger partial charge in [0.15, 0.2) is 0 Å². The summed E-state index contributed by atoms with van der Waals surface area (Å²) in [5.41, 5.74) is 4.03. The average molecular weight is 573 g/mol. The molecule has 8 bridgehead atoms. The molecule has 1 aliphatic heterocycles. The molecule has 8 nitrogen and oxygen atoms in total. The maximum absolute atomic E-state index is 13.5. The number of fused-ring (bicyclic) bond motifs is 4. The van der Waals surface area contributed by atoms with Crippen LogP contribution < -0.4 is 14.8 Å². The number of sulfonamides is 1. The molecule has 2 aromatic carbocycles. The number of carbonyl (C=O) groups excluding carboxylic acids is 1. The highest BCUT2D eigenvalue weighted by Crippen LogP contribution is 2.61. The summed E-state index contributed by atoms with van der Waals surface area (Å²) >= 11 is 0. The van der Waals surface area contributed by atoms with Crippen LogP contribution in [-0.2, 0) is 10.0 Å². The molecule has 4 fully saturated rings. The van der Waals surface area contributed by atoms with Gasteiger partial charge in [0, 0.05) is 17.2 Å². The molecule has 3 aromatic rings. The number of nitrogens with zero attached hydrogens (tertiary/aromatic N) is 2. The van der Waals surface area contributed by atoms with Crippen LogP contribution in [0.3, 0.4) is 0 Å². The Morgan fingerprint density at radius 2 is 1.59 bits per heavy atom. The van der Waals surface area contributed by atoms with Gasteiger partial charge >= 0.3 is 0 Å². The van der Waals surface area contributed by atoms with E-state index in [-0.39, 0.29) is 40.7 Å². The molecule has 2 heterocycles. The largest absolute Gasteiger partial charge is 0.475 e. The molecule has 0 spiro atoms. The normalized spacial score (nSPS) is 29.8. The van der Waals surface area contributed by atoms with E-state index in [1.165, 1.54) is 50.7 Å². The highest BCUT2D eigenvalue weighted by atomic mass is 32.2. The molecule has 1 atom stereocenters. The first kappa shape index (κ1) is 26.4. The van der Waals surface area contributed by atoms with Gasteiger partial charge in [0.05, 0.1) is 16.6 Å². The van der Waals surface area contributed by atoms with E-state index in [1.54, 1.807) is 18.2 Å². The molecule has 4 aliphatic carbocycles. The third-order valence-corrected chi connectivity index (χ3v) is 11.0. The first-order valence-corrected chi connectivity index (χ1v) is 16.2. The van der Waals surface area contributed by atoms with Crippen molar-refractivity contribution in [1.29, 1.82) is 0 Å². The zero-order valence-electron chi connectivity index (χ0n) is 23.5. The second kappa shape index (κ2) is 9.82. The summed E-state index contributed by atoms with van der Waals surface area (Å²) in [6, 6.07) is 13.6. The van der Waals surface area contributed by atoms with Crippen molar-refractivity contribution in [2.75, 3.05) is 11.3 Å². The summed E-state index contributed by atoms with van der Waals surface area (Å²) in [5.74, 6) is 2.29. The van der Waals surface area contributed by atoms with Crippen molar-refractivity contribution in [3.8, 4) is 17.1 Å². The van der Waals surface area contributed by atoms with Crippen LogP contribution in [0.1, 0.15) is 66.4 Å². The lowest BCUT2D eigenvalue weighted by molar-refractivity contribution is -0.0634. The van der Waals surface area contributed by atoms with E-state index in [2.05, 4.69) is 20.0 Å². The minimum atomic E-state index is -4.06. The van der Waals surface area contributed by atoms with Crippen molar-refractivity contribution < 1.29 is 17.9 Å². The minimum Gasteiger partial charge on any atom is -0.475 e. The highest BCUT2D eigenvalue weighted by Gasteiger charge is 2.51. The predicted octanol–water partition coefficient (Wildman–Crippen LogP) is 5.66. The van der Waals surface area contributed by atoms with Gasteiger partial charge in [-0.1, -0.05) is 24.3 Å². The van der Waals surface area contributed by atoms with Gasteiger partial charge in [0.1, 0.15) is 6.61 Å². The van der Waals surface area contributed by atoms with Gasteiger partial charge < -0.3 is 10.1 Å². The van der Waals surface area contributed by atoms with Crippen molar-refractivity contribution in [3.63, 3.8) is 0 Å². The third-order valence-electron chi connectivity index (χ3n) is 9.68. The van der Waals surface area contributed by atoms with E-state index in [0.29, 0.717) is 11.3 Å². The first-order valence-electron chi connectivity index (χ1n) is 14.7. The van der Waals surface area contributed by atoms with Gasteiger partial charge in [-0.25, -0.2) is 18.1 Å². The van der Waals surface area contributed by atoms with Crippen LogP contribution >= 0.6 is 0 Å². The molecule has 4 saturated carbocycles. The number of ether oxygens (including phenoxy) is 1. The number of nitrogens with one attached hydrogen (secondary N) is 2. The van der Waals surface area contributed by atoms with E-state index < -0.39 is 10.0 Å². The number of hydrogen-bond donors (Lipinski definition) is 2. The lowest BCUT2D eigenvalue weighted by atomic mass is 9.48. The monoisotopic (exact) mass is 572 g/mol. The molecule has 2 N–H and O–H groups in total. The molecule has 0 saturated heterocycles. The van der Waals surface area contributed by atoms with Crippen LogP contribution in [0.2, 0.25) is 0 Å². The van der Waals surface area contributed by atoms with Gasteiger partial charge in [-0.3, -0.25) is 4.79 Å². The average Bonchev–Trinajstić information content (AvgIpc) is 2.90. The summed E-state index contributed by atoms with van der Waals surface area (Å²) in [7, 11) is -4.06. The number of aromatic nitrogens is 2. The maximum atomic E-state index is 13.5. The molecule has 41 heavy (non-hydrogen) atoms. The van der Waals surface area contributed by atoms with Gasteiger partial charge in [-0.15, -0.1) is 0 Å². The molecule has 5 aliphatic rings. The van der Waals surface area contributed by atoms with Crippen molar-refractivity contribution >= 4 is 21.9 Å². The quantitative estimate of drug-likeness (QED) is 0.419. The molecule has 1 aromatic heterocycles. The van der Waals surface area contributed by atoms with Crippen LogP contribution in [0.5, 0.6) is 5.88 Å². The molecule has 8 rings (SSSR count). The number of anilines is 1. The van der Waals surface area contributed by atoms with Crippen LogP contribution in [0.15, 0.2) is 53.4 Å². The Bertz CT molecular complexity index is 1580. The fraction of sp³-hybridized carbons (Fsp3) is 0.469. The summed E-state index contributed by atoms with van der Waals surface area (Å²) in [5, 5.41) is 3.22. The van der Waals surface area contributed by atoms with Crippen LogP contribution in [0.4, 0.5) is 5.95 Å². The van der Waals surface area contributed by atoms with Gasteiger partial charge in [-0.2, -0.15) is 4.98 Å². The molecule has 9 heteroatoms. The van der Waals surface area contributed by atoms with Crippen molar-refractivity contribution in [2.45, 2.75) is 69.7 Å². The van der Waals surface area contributed by atoms with Gasteiger partial charge in [-0.05, 0) is 111 Å². The number of benzene rings is 2. The fourth-order valence-corrected chi connectivity index (χ4v) is 9.53. The summed E-state index contributed by atoms with van der Waals surface area (Å²) in [4.78, 5) is 22.5. The summed E-state index contributed by atoms with van der Waals surface area (Å²) in [6.07, 6.45) is 8.57. The van der Waals surface area contributed by atoms with Crippen LogP contribution in [-0.4, -0.2) is 36.9 Å². The van der Waals surface area contributed by atoms with Crippen molar-refractivity contribution in [1.82, 2.24) is 15.3 Å². The number of hydrogen-bond acceptors (Lipinski definition) is 6. The minimum absolute atomic E-state index is 0.0226. The van der Waals surface area contributed by atoms with E-state index >= 15 is 0 Å². The maximum Gasteiger partial charge on any atom is 0.264 e. The van der Waals surface area contributed by atoms with Crippen LogP contribution in [0, 0.1) is 37.0 Å². The standard InChI is InChI=1S/C32H36N4O4S/c1-19-5-3-6-20(2)29(19)27-13-28-35-31(34-27)36-41(38,39)26-8-4-7-24(12-26)30(37)33-25(18-40-28)17-32-14-21-9-22(15-32)11-23(10-21)16-32/h3-8,12-13,21-23,25H,9-11,14-18H2,1-2H3,(H,33,37)(H,34,35,36). The lowest BCUT2D eigenvalue weighted by Crippen LogP contribution is -2.50.